The molecule has 2 N–H and O–H groups in total. The number of aromatic amines is 1. The van der Waals surface area contributed by atoms with Gasteiger partial charge in [0.25, 0.3) is 5.56 Å². The topological polar surface area (TPSA) is 50.2 Å². The van der Waals surface area contributed by atoms with Gasteiger partial charge in [0.1, 0.15) is 11.4 Å². The van der Waals surface area contributed by atoms with Gasteiger partial charge in [-0.3, -0.25) is 4.79 Å². The van der Waals surface area contributed by atoms with Gasteiger partial charge in [-0.1, -0.05) is 29.8 Å². The normalized spacial score (nSPS) is 20.9. The van der Waals surface area contributed by atoms with E-state index in [1.165, 1.54) is 36.3 Å². The Bertz CT molecular complexity index is 942. The molecular formula is C20H24N3OS+. The van der Waals surface area contributed by atoms with Crippen molar-refractivity contribution in [3.63, 3.8) is 0 Å². The summed E-state index contributed by atoms with van der Waals surface area (Å²) in [5.74, 6) is 0.818. The number of quaternary nitrogens is 1. The Morgan fingerprint density at radius 1 is 1.28 bits per heavy atom. The van der Waals surface area contributed by atoms with Crippen molar-refractivity contribution >= 4 is 21.6 Å². The molecule has 5 heteroatoms. The lowest BCUT2D eigenvalue weighted by atomic mass is 10.0. The van der Waals surface area contributed by atoms with Crippen molar-refractivity contribution in [2.75, 3.05) is 6.54 Å². The van der Waals surface area contributed by atoms with Gasteiger partial charge in [0, 0.05) is 10.9 Å². The minimum absolute atomic E-state index is 0.0131. The van der Waals surface area contributed by atoms with Crippen molar-refractivity contribution in [3.8, 4) is 11.1 Å². The molecule has 3 aromatic rings. The quantitative estimate of drug-likeness (QED) is 0.760. The number of piperidine rings is 1. The van der Waals surface area contributed by atoms with Crippen molar-refractivity contribution in [1.29, 1.82) is 0 Å². The smallest absolute Gasteiger partial charge is 0.260 e. The highest BCUT2D eigenvalue weighted by atomic mass is 32.1. The second-order valence-corrected chi connectivity index (χ2v) is 8.05. The first-order valence-corrected chi connectivity index (χ1v) is 9.92. The number of thiophene rings is 1. The second kappa shape index (κ2) is 6.73. The Kier molecular flexibility index (Phi) is 4.44. The molecule has 0 radical (unpaired) electrons. The number of aromatic nitrogens is 2. The van der Waals surface area contributed by atoms with Crippen LogP contribution in [-0.2, 0) is 6.54 Å². The fraction of sp³-hybridized carbons (Fsp3) is 0.400. The van der Waals surface area contributed by atoms with Gasteiger partial charge in [-0.25, -0.2) is 4.98 Å². The van der Waals surface area contributed by atoms with Gasteiger partial charge in [-0.05, 0) is 38.7 Å². The summed E-state index contributed by atoms with van der Waals surface area (Å²) in [6.07, 6.45) is 3.85. The lowest BCUT2D eigenvalue weighted by molar-refractivity contribution is -0.942. The van der Waals surface area contributed by atoms with E-state index < -0.39 is 0 Å². The van der Waals surface area contributed by atoms with E-state index in [0.717, 1.165) is 33.7 Å². The van der Waals surface area contributed by atoms with Gasteiger partial charge in [-0.15, -0.1) is 11.3 Å². The number of hydrogen-bond acceptors (Lipinski definition) is 3. The van der Waals surface area contributed by atoms with Crippen LogP contribution >= 0.6 is 11.3 Å². The Labute approximate surface area is 151 Å². The molecule has 4 nitrogen and oxygen atoms in total. The second-order valence-electron chi connectivity index (χ2n) is 7.19. The molecule has 25 heavy (non-hydrogen) atoms. The summed E-state index contributed by atoms with van der Waals surface area (Å²) in [6.45, 7) is 6.35. The number of benzene rings is 1. The lowest BCUT2D eigenvalue weighted by Crippen LogP contribution is -3.15. The van der Waals surface area contributed by atoms with Gasteiger partial charge < -0.3 is 9.88 Å². The largest absolute Gasteiger partial charge is 0.326 e. The molecule has 2 aromatic heterocycles. The molecule has 4 rings (SSSR count). The standard InChI is InChI=1S/C20H23N3OS/c1-13-6-8-15(9-7-13)16-12-25-20-18(16)19(24)21-17(22-20)11-23-10-4-3-5-14(23)2/h6-9,12,14H,3-5,10-11H2,1-2H3,(H,21,22,24)/p+1/t14-/m0/s1. The molecule has 1 unspecified atom stereocenters. The van der Waals surface area contributed by atoms with Crippen molar-refractivity contribution in [2.45, 2.75) is 45.7 Å². The van der Waals surface area contributed by atoms with Crippen molar-refractivity contribution in [2.24, 2.45) is 0 Å². The average molecular weight is 354 g/mol. The van der Waals surface area contributed by atoms with E-state index in [-0.39, 0.29) is 5.56 Å². The Balaban J connectivity index is 1.69. The van der Waals surface area contributed by atoms with Crippen molar-refractivity contribution in [1.82, 2.24) is 9.97 Å². The maximum absolute atomic E-state index is 12.7. The number of nitrogens with one attached hydrogen (secondary N) is 2. The highest BCUT2D eigenvalue weighted by Crippen LogP contribution is 2.30. The summed E-state index contributed by atoms with van der Waals surface area (Å²) >= 11 is 1.56. The Hall–Kier alpha value is -1.98. The summed E-state index contributed by atoms with van der Waals surface area (Å²) in [5.41, 5.74) is 3.27. The maximum Gasteiger partial charge on any atom is 0.260 e. The first-order valence-electron chi connectivity index (χ1n) is 9.04. The number of likely N-dealkylation sites (tertiary alicyclic amines) is 1. The zero-order valence-corrected chi connectivity index (χ0v) is 15.6. The summed E-state index contributed by atoms with van der Waals surface area (Å²) in [5, 5.41) is 2.77. The molecule has 1 fully saturated rings. The summed E-state index contributed by atoms with van der Waals surface area (Å²) in [6, 6.07) is 8.94. The van der Waals surface area contributed by atoms with Crippen molar-refractivity contribution in [3.05, 3.63) is 51.4 Å². The summed E-state index contributed by atoms with van der Waals surface area (Å²) < 4.78 is 0. The molecule has 0 bridgehead atoms. The number of aryl methyl sites for hydroxylation is 1. The number of fused-ring (bicyclic) bond motifs is 1. The molecule has 0 saturated carbocycles. The van der Waals surface area contributed by atoms with Gasteiger partial charge in [0.2, 0.25) is 0 Å². The zero-order chi connectivity index (χ0) is 17.4. The van der Waals surface area contributed by atoms with Crippen LogP contribution in [0.1, 0.15) is 37.6 Å². The Morgan fingerprint density at radius 2 is 2.08 bits per heavy atom. The minimum atomic E-state index is -0.0131. The Morgan fingerprint density at radius 3 is 2.84 bits per heavy atom. The molecule has 1 aliphatic rings. The molecule has 3 heterocycles. The maximum atomic E-state index is 12.7. The minimum Gasteiger partial charge on any atom is -0.326 e. The van der Waals surface area contributed by atoms with Crippen LogP contribution < -0.4 is 10.5 Å². The fourth-order valence-electron chi connectivity index (χ4n) is 3.75. The molecule has 130 valence electrons. The monoisotopic (exact) mass is 354 g/mol. The highest BCUT2D eigenvalue weighted by Gasteiger charge is 2.23. The average Bonchev–Trinajstić information content (AvgIpc) is 3.02. The van der Waals surface area contributed by atoms with Crippen molar-refractivity contribution < 1.29 is 4.90 Å². The van der Waals surface area contributed by atoms with Gasteiger partial charge in [-0.2, -0.15) is 0 Å². The van der Waals surface area contributed by atoms with E-state index >= 15 is 0 Å². The lowest BCUT2D eigenvalue weighted by Gasteiger charge is -2.29. The van der Waals surface area contributed by atoms with Crippen LogP contribution in [0.5, 0.6) is 0 Å². The number of rotatable bonds is 3. The number of nitrogens with zero attached hydrogens (tertiary/aromatic N) is 1. The number of hydrogen-bond donors (Lipinski definition) is 2. The van der Waals surface area contributed by atoms with E-state index in [2.05, 4.69) is 48.5 Å². The molecule has 2 atom stereocenters. The molecule has 0 amide bonds. The van der Waals surface area contributed by atoms with Gasteiger partial charge in [0.05, 0.1) is 18.0 Å². The van der Waals surface area contributed by atoms with E-state index in [1.807, 2.05) is 0 Å². The molecule has 1 aliphatic heterocycles. The molecule has 1 saturated heterocycles. The van der Waals surface area contributed by atoms with Crippen LogP contribution in [0.25, 0.3) is 21.3 Å². The SMILES string of the molecule is Cc1ccc(-c2csc3nc(C[NH+]4CCCC[C@@H]4C)[nH]c(=O)c23)cc1. The first kappa shape index (κ1) is 16.5. The fourth-order valence-corrected chi connectivity index (χ4v) is 4.72. The summed E-state index contributed by atoms with van der Waals surface area (Å²) in [4.78, 5) is 22.9. The zero-order valence-electron chi connectivity index (χ0n) is 14.8. The highest BCUT2D eigenvalue weighted by molar-refractivity contribution is 7.17. The number of H-pyrrole nitrogens is 1. The van der Waals surface area contributed by atoms with Crippen LogP contribution in [-0.4, -0.2) is 22.6 Å². The van der Waals surface area contributed by atoms with Crippen LogP contribution in [0.3, 0.4) is 0 Å². The molecule has 0 spiro atoms. The van der Waals surface area contributed by atoms with Crippen LogP contribution in [0.2, 0.25) is 0 Å². The van der Waals surface area contributed by atoms with Crippen LogP contribution in [0.4, 0.5) is 0 Å². The predicted octanol–water partition coefficient (Wildman–Crippen LogP) is 2.92. The molecule has 1 aromatic carbocycles. The van der Waals surface area contributed by atoms with Gasteiger partial charge >= 0.3 is 0 Å². The summed E-state index contributed by atoms with van der Waals surface area (Å²) in [7, 11) is 0. The van der Waals surface area contributed by atoms with E-state index in [0.29, 0.717) is 6.04 Å². The van der Waals surface area contributed by atoms with E-state index in [9.17, 15) is 4.79 Å². The first-order chi connectivity index (χ1) is 12.1. The third kappa shape index (κ3) is 3.26. The van der Waals surface area contributed by atoms with Gasteiger partial charge in [0.15, 0.2) is 5.82 Å². The van der Waals surface area contributed by atoms with E-state index in [1.54, 1.807) is 11.3 Å². The molecular weight excluding hydrogens is 330 g/mol. The predicted molar refractivity (Wildman–Crippen MR) is 103 cm³/mol. The van der Waals surface area contributed by atoms with E-state index in [4.69, 9.17) is 4.98 Å². The third-order valence-electron chi connectivity index (χ3n) is 5.33. The van der Waals surface area contributed by atoms with Crippen LogP contribution in [0.15, 0.2) is 34.4 Å². The van der Waals surface area contributed by atoms with Crippen LogP contribution in [0, 0.1) is 6.92 Å². The molecule has 0 aliphatic carbocycles. The third-order valence-corrected chi connectivity index (χ3v) is 6.20.